The van der Waals surface area contributed by atoms with E-state index in [1.54, 1.807) is 0 Å². The average Bonchev–Trinajstić information content (AvgIpc) is 2.40. The summed E-state index contributed by atoms with van der Waals surface area (Å²) in [6, 6.07) is 0.666. The Hall–Kier alpha value is -0.120. The summed E-state index contributed by atoms with van der Waals surface area (Å²) in [6.07, 6.45) is 6.60. The second kappa shape index (κ2) is 9.89. The third-order valence-corrected chi connectivity index (χ3v) is 4.34. The average molecular weight is 313 g/mol. The normalized spacial score (nSPS) is 23.5. The Labute approximate surface area is 139 Å². The lowest BCUT2D eigenvalue weighted by molar-refractivity contribution is -0.00783. The van der Waals surface area contributed by atoms with Crippen LogP contribution in [0.3, 0.4) is 0 Å². The van der Waals surface area contributed by atoms with Crippen molar-refractivity contribution in [3.63, 3.8) is 0 Å². The van der Waals surface area contributed by atoms with E-state index in [0.29, 0.717) is 17.6 Å². The highest BCUT2D eigenvalue weighted by molar-refractivity contribution is 4.78. The first-order valence-corrected chi connectivity index (χ1v) is 9.30. The molecular formula is C19H40N2O. The quantitative estimate of drug-likeness (QED) is 0.653. The minimum Gasteiger partial charge on any atom is -0.378 e. The molecule has 0 aromatic heterocycles. The molecule has 0 aromatic carbocycles. The number of nitrogens with zero attached hydrogens (tertiary/aromatic N) is 1. The smallest absolute Gasteiger partial charge is 0.0602 e. The molecule has 0 spiro atoms. The van der Waals surface area contributed by atoms with Gasteiger partial charge in [0.15, 0.2) is 0 Å². The first-order valence-electron chi connectivity index (χ1n) is 9.30. The van der Waals surface area contributed by atoms with E-state index in [1.807, 2.05) is 0 Å². The number of hydrogen-bond donors (Lipinski definition) is 1. The topological polar surface area (TPSA) is 24.5 Å². The molecule has 1 aliphatic rings. The van der Waals surface area contributed by atoms with Crippen LogP contribution in [0.5, 0.6) is 0 Å². The zero-order valence-electron chi connectivity index (χ0n) is 16.0. The zero-order valence-corrected chi connectivity index (χ0v) is 16.0. The van der Waals surface area contributed by atoms with Crippen LogP contribution in [0, 0.1) is 11.3 Å². The molecule has 1 heterocycles. The van der Waals surface area contributed by atoms with Crippen molar-refractivity contribution in [3.05, 3.63) is 0 Å². The highest BCUT2D eigenvalue weighted by atomic mass is 16.5. The summed E-state index contributed by atoms with van der Waals surface area (Å²) in [6.45, 7) is 15.9. The van der Waals surface area contributed by atoms with Gasteiger partial charge in [0.2, 0.25) is 0 Å². The Balaban J connectivity index is 2.17. The molecule has 0 saturated carbocycles. The van der Waals surface area contributed by atoms with E-state index in [2.05, 4.69) is 51.9 Å². The first kappa shape index (κ1) is 19.9. The van der Waals surface area contributed by atoms with Crippen LogP contribution < -0.4 is 5.32 Å². The lowest BCUT2D eigenvalue weighted by atomic mass is 9.96. The van der Waals surface area contributed by atoms with Gasteiger partial charge in [-0.2, -0.15) is 0 Å². The zero-order chi connectivity index (χ0) is 16.6. The van der Waals surface area contributed by atoms with E-state index in [-0.39, 0.29) is 0 Å². The largest absolute Gasteiger partial charge is 0.378 e. The molecule has 1 aliphatic heterocycles. The van der Waals surface area contributed by atoms with Crippen molar-refractivity contribution in [2.24, 2.45) is 11.3 Å². The molecule has 0 aliphatic carbocycles. The molecule has 0 radical (unpaired) electrons. The second-order valence-electron chi connectivity index (χ2n) is 8.79. The predicted octanol–water partition coefficient (Wildman–Crippen LogP) is 3.93. The van der Waals surface area contributed by atoms with Crippen molar-refractivity contribution in [2.75, 3.05) is 33.3 Å². The van der Waals surface area contributed by atoms with Gasteiger partial charge in [0.25, 0.3) is 0 Å². The van der Waals surface area contributed by atoms with E-state index in [0.717, 1.165) is 32.0 Å². The van der Waals surface area contributed by atoms with Gasteiger partial charge in [0, 0.05) is 25.7 Å². The maximum atomic E-state index is 5.97. The fraction of sp³-hybridized carbons (Fsp3) is 1.00. The van der Waals surface area contributed by atoms with Crippen molar-refractivity contribution in [2.45, 2.75) is 78.9 Å². The molecule has 3 nitrogen and oxygen atoms in total. The van der Waals surface area contributed by atoms with Crippen molar-refractivity contribution < 1.29 is 4.74 Å². The highest BCUT2D eigenvalue weighted by Gasteiger charge is 2.23. The van der Waals surface area contributed by atoms with E-state index < -0.39 is 0 Å². The summed E-state index contributed by atoms with van der Waals surface area (Å²) < 4.78 is 5.97. The predicted molar refractivity (Wildman–Crippen MR) is 96.4 cm³/mol. The van der Waals surface area contributed by atoms with Crippen LogP contribution in [0.4, 0.5) is 0 Å². The third kappa shape index (κ3) is 9.81. The maximum absolute atomic E-state index is 5.97. The number of nitrogens with one attached hydrogen (secondary N) is 1. The van der Waals surface area contributed by atoms with E-state index in [1.165, 1.54) is 32.2 Å². The van der Waals surface area contributed by atoms with Crippen molar-refractivity contribution in [3.8, 4) is 0 Å². The Morgan fingerprint density at radius 3 is 2.64 bits per heavy atom. The summed E-state index contributed by atoms with van der Waals surface area (Å²) >= 11 is 0. The molecule has 0 bridgehead atoms. The molecule has 3 heteroatoms. The Morgan fingerprint density at radius 2 is 2.00 bits per heavy atom. The van der Waals surface area contributed by atoms with Gasteiger partial charge in [0.05, 0.1) is 6.10 Å². The maximum Gasteiger partial charge on any atom is 0.0602 e. The van der Waals surface area contributed by atoms with Gasteiger partial charge in [-0.15, -0.1) is 0 Å². The molecule has 0 amide bonds. The third-order valence-electron chi connectivity index (χ3n) is 4.34. The molecule has 2 unspecified atom stereocenters. The van der Waals surface area contributed by atoms with Gasteiger partial charge in [-0.05, 0) is 57.0 Å². The van der Waals surface area contributed by atoms with Crippen molar-refractivity contribution >= 4 is 0 Å². The van der Waals surface area contributed by atoms with Gasteiger partial charge in [-0.3, -0.25) is 0 Å². The van der Waals surface area contributed by atoms with Crippen molar-refractivity contribution in [1.29, 1.82) is 0 Å². The molecule has 132 valence electrons. The van der Waals surface area contributed by atoms with Gasteiger partial charge < -0.3 is 15.0 Å². The number of ether oxygens (including phenoxy) is 1. The van der Waals surface area contributed by atoms with E-state index in [9.17, 15) is 0 Å². The minimum absolute atomic E-state index is 0.378. The van der Waals surface area contributed by atoms with Crippen LogP contribution in [0.25, 0.3) is 0 Å². The summed E-state index contributed by atoms with van der Waals surface area (Å²) in [4.78, 5) is 2.45. The SMILES string of the molecule is CC(C)CCCNC1CCOC(CCN(C)CC(C)(C)C)C1. The summed E-state index contributed by atoms with van der Waals surface area (Å²) in [7, 11) is 2.23. The lowest BCUT2D eigenvalue weighted by Crippen LogP contribution is -2.41. The highest BCUT2D eigenvalue weighted by Crippen LogP contribution is 2.19. The molecule has 1 fully saturated rings. The molecule has 22 heavy (non-hydrogen) atoms. The van der Waals surface area contributed by atoms with Crippen LogP contribution in [-0.4, -0.2) is 50.3 Å². The summed E-state index contributed by atoms with van der Waals surface area (Å²) in [5.74, 6) is 0.822. The number of hydrogen-bond acceptors (Lipinski definition) is 3. The minimum atomic E-state index is 0.378. The Bertz CT molecular complexity index is 286. The van der Waals surface area contributed by atoms with E-state index >= 15 is 0 Å². The fourth-order valence-corrected chi connectivity index (χ4v) is 3.34. The van der Waals surface area contributed by atoms with Crippen LogP contribution in [-0.2, 0) is 4.74 Å². The van der Waals surface area contributed by atoms with Crippen LogP contribution in [0.2, 0.25) is 0 Å². The summed E-state index contributed by atoms with van der Waals surface area (Å²) in [5.41, 5.74) is 0.378. The van der Waals surface area contributed by atoms with Crippen LogP contribution >= 0.6 is 0 Å². The van der Waals surface area contributed by atoms with Gasteiger partial charge in [-0.25, -0.2) is 0 Å². The summed E-state index contributed by atoms with van der Waals surface area (Å²) in [5, 5.41) is 3.74. The van der Waals surface area contributed by atoms with Gasteiger partial charge in [0.1, 0.15) is 0 Å². The lowest BCUT2D eigenvalue weighted by Gasteiger charge is -2.32. The molecule has 1 rings (SSSR count). The number of rotatable bonds is 9. The van der Waals surface area contributed by atoms with Crippen LogP contribution in [0.15, 0.2) is 0 Å². The van der Waals surface area contributed by atoms with Gasteiger partial charge in [-0.1, -0.05) is 34.6 Å². The van der Waals surface area contributed by atoms with Crippen molar-refractivity contribution in [1.82, 2.24) is 10.2 Å². The standard InChI is InChI=1S/C19H40N2O/c1-16(2)8-7-11-20-17-10-13-22-18(14-17)9-12-21(6)15-19(3,4)5/h16-18,20H,7-15H2,1-6H3. The second-order valence-corrected chi connectivity index (χ2v) is 8.79. The van der Waals surface area contributed by atoms with Gasteiger partial charge >= 0.3 is 0 Å². The Morgan fingerprint density at radius 1 is 1.27 bits per heavy atom. The Kier molecular flexibility index (Phi) is 8.96. The van der Waals surface area contributed by atoms with E-state index in [4.69, 9.17) is 4.74 Å². The molecule has 1 saturated heterocycles. The molecule has 1 N–H and O–H groups in total. The monoisotopic (exact) mass is 312 g/mol. The first-order chi connectivity index (χ1) is 10.3. The molecule has 0 aromatic rings. The van der Waals surface area contributed by atoms with Crippen LogP contribution in [0.1, 0.15) is 66.7 Å². The molecular weight excluding hydrogens is 272 g/mol. The molecule has 2 atom stereocenters. The fourth-order valence-electron chi connectivity index (χ4n) is 3.34.